The molecule has 0 spiro atoms. The molecule has 0 amide bonds. The Morgan fingerprint density at radius 3 is 2.48 bits per heavy atom. The molecule has 0 aliphatic heterocycles. The minimum atomic E-state index is -3.60. The van der Waals surface area contributed by atoms with Crippen LogP contribution < -0.4 is 10.0 Å². The SMILES string of the molecule is C=CCCCN(C)C(=NC)NCc1ccccc1S(=O)(=O)NC(C)(C)C.I. The van der Waals surface area contributed by atoms with Gasteiger partial charge in [0.15, 0.2) is 5.96 Å². The first-order valence-electron chi connectivity index (χ1n) is 8.75. The number of aliphatic imine (C=N–C) groups is 1. The highest BCUT2D eigenvalue weighted by molar-refractivity contribution is 14.0. The maximum Gasteiger partial charge on any atom is 0.241 e. The summed E-state index contributed by atoms with van der Waals surface area (Å²) in [5.74, 6) is 0.727. The van der Waals surface area contributed by atoms with Gasteiger partial charge >= 0.3 is 0 Å². The summed E-state index contributed by atoms with van der Waals surface area (Å²) in [6.45, 7) is 10.4. The van der Waals surface area contributed by atoms with Crippen LogP contribution in [0.5, 0.6) is 0 Å². The molecule has 0 aromatic heterocycles. The second kappa shape index (κ2) is 11.7. The van der Waals surface area contributed by atoms with Crippen LogP contribution in [0.2, 0.25) is 0 Å². The first-order chi connectivity index (χ1) is 12.1. The Balaban J connectivity index is 0.00000676. The van der Waals surface area contributed by atoms with Crippen molar-refractivity contribution in [3.8, 4) is 0 Å². The molecule has 0 unspecified atom stereocenters. The van der Waals surface area contributed by atoms with Crippen molar-refractivity contribution in [1.82, 2.24) is 14.9 Å². The molecular weight excluding hydrogens is 475 g/mol. The van der Waals surface area contributed by atoms with Crippen LogP contribution in [0.1, 0.15) is 39.2 Å². The van der Waals surface area contributed by atoms with Crippen LogP contribution in [0, 0.1) is 0 Å². The van der Waals surface area contributed by atoms with Gasteiger partial charge in [-0.05, 0) is 45.2 Å². The van der Waals surface area contributed by atoms with Gasteiger partial charge in [0.25, 0.3) is 0 Å². The molecule has 8 heteroatoms. The van der Waals surface area contributed by atoms with E-state index in [1.807, 2.05) is 50.9 Å². The lowest BCUT2D eigenvalue weighted by atomic mass is 10.1. The number of unbranched alkanes of at least 4 members (excludes halogenated alkanes) is 1. The Labute approximate surface area is 181 Å². The normalized spacial score (nSPS) is 12.3. The Bertz CT molecular complexity index is 727. The minimum absolute atomic E-state index is 0. The fourth-order valence-electron chi connectivity index (χ4n) is 2.51. The molecule has 0 radical (unpaired) electrons. The van der Waals surface area contributed by atoms with Gasteiger partial charge in [-0.1, -0.05) is 24.3 Å². The first-order valence-corrected chi connectivity index (χ1v) is 10.2. The second-order valence-electron chi connectivity index (χ2n) is 7.22. The molecular formula is C19H33IN4O2S. The van der Waals surface area contributed by atoms with Crippen molar-refractivity contribution >= 4 is 40.0 Å². The van der Waals surface area contributed by atoms with E-state index in [2.05, 4.69) is 21.6 Å². The average molecular weight is 508 g/mol. The third kappa shape index (κ3) is 9.07. The van der Waals surface area contributed by atoms with Gasteiger partial charge in [0.1, 0.15) is 0 Å². The number of hydrogen-bond donors (Lipinski definition) is 2. The smallest absolute Gasteiger partial charge is 0.241 e. The maximum atomic E-state index is 12.7. The van der Waals surface area contributed by atoms with Crippen molar-refractivity contribution < 1.29 is 8.42 Å². The van der Waals surface area contributed by atoms with Crippen LogP contribution in [0.4, 0.5) is 0 Å². The number of sulfonamides is 1. The third-order valence-electron chi connectivity index (χ3n) is 3.61. The van der Waals surface area contributed by atoms with E-state index in [4.69, 9.17) is 0 Å². The summed E-state index contributed by atoms with van der Waals surface area (Å²) in [7, 11) is 0.0833. The van der Waals surface area contributed by atoms with Crippen molar-refractivity contribution in [2.45, 2.75) is 50.6 Å². The molecule has 0 aliphatic carbocycles. The van der Waals surface area contributed by atoms with Crippen LogP contribution in [0.15, 0.2) is 46.8 Å². The standard InChI is InChI=1S/C19H32N4O2S.HI/c1-7-8-11-14-23(6)18(20-5)21-15-16-12-9-10-13-17(16)26(24,25)22-19(2,3)4;/h7,9-10,12-13,22H,1,8,11,14-15H2,2-6H3,(H,20,21);1H. The van der Waals surface area contributed by atoms with Crippen molar-refractivity contribution in [3.63, 3.8) is 0 Å². The number of allylic oxidation sites excluding steroid dienone is 1. The lowest BCUT2D eigenvalue weighted by Gasteiger charge is -2.24. The quantitative estimate of drug-likeness (QED) is 0.186. The molecule has 1 rings (SSSR count). The van der Waals surface area contributed by atoms with E-state index in [0.29, 0.717) is 12.1 Å². The Kier molecular flexibility index (Phi) is 11.2. The Hall–Kier alpha value is -1.13. The largest absolute Gasteiger partial charge is 0.352 e. The Morgan fingerprint density at radius 2 is 1.93 bits per heavy atom. The average Bonchev–Trinajstić information content (AvgIpc) is 2.54. The number of halogens is 1. The summed E-state index contributed by atoms with van der Waals surface area (Å²) >= 11 is 0. The van der Waals surface area contributed by atoms with E-state index in [0.717, 1.165) is 25.3 Å². The lowest BCUT2D eigenvalue weighted by Crippen LogP contribution is -2.41. The zero-order valence-electron chi connectivity index (χ0n) is 16.9. The monoisotopic (exact) mass is 508 g/mol. The van der Waals surface area contributed by atoms with Crippen LogP contribution in [-0.2, 0) is 16.6 Å². The number of nitrogens with zero attached hydrogens (tertiary/aromatic N) is 2. The van der Waals surface area contributed by atoms with E-state index in [1.54, 1.807) is 19.2 Å². The van der Waals surface area contributed by atoms with Crippen molar-refractivity contribution in [2.24, 2.45) is 4.99 Å². The number of benzene rings is 1. The molecule has 0 bridgehead atoms. The van der Waals surface area contributed by atoms with E-state index in [9.17, 15) is 8.42 Å². The van der Waals surface area contributed by atoms with Crippen LogP contribution in [-0.4, -0.2) is 45.5 Å². The molecule has 0 aliphatic rings. The van der Waals surface area contributed by atoms with Gasteiger partial charge in [-0.3, -0.25) is 4.99 Å². The summed E-state index contributed by atoms with van der Waals surface area (Å²) in [5, 5.41) is 3.25. The molecule has 0 atom stereocenters. The van der Waals surface area contributed by atoms with E-state index in [1.165, 1.54) is 0 Å². The summed E-state index contributed by atoms with van der Waals surface area (Å²) in [4.78, 5) is 6.58. The molecule has 27 heavy (non-hydrogen) atoms. The maximum absolute atomic E-state index is 12.7. The molecule has 0 saturated carbocycles. The zero-order chi connectivity index (χ0) is 19.8. The molecule has 0 fully saturated rings. The third-order valence-corrected chi connectivity index (χ3v) is 5.47. The topological polar surface area (TPSA) is 73.8 Å². The molecule has 1 aromatic carbocycles. The van der Waals surface area contributed by atoms with Gasteiger partial charge in [-0.25, -0.2) is 13.1 Å². The summed E-state index contributed by atoms with van der Waals surface area (Å²) in [5.41, 5.74) is 0.158. The number of hydrogen-bond acceptors (Lipinski definition) is 3. The zero-order valence-corrected chi connectivity index (χ0v) is 20.1. The van der Waals surface area contributed by atoms with Crippen LogP contribution in [0.3, 0.4) is 0 Å². The fraction of sp³-hybridized carbons (Fsp3) is 0.526. The number of rotatable bonds is 8. The van der Waals surface area contributed by atoms with Crippen LogP contribution >= 0.6 is 24.0 Å². The van der Waals surface area contributed by atoms with Gasteiger partial charge in [0, 0.05) is 32.7 Å². The Morgan fingerprint density at radius 1 is 1.30 bits per heavy atom. The summed E-state index contributed by atoms with van der Waals surface area (Å²) < 4.78 is 28.1. The van der Waals surface area contributed by atoms with E-state index in [-0.39, 0.29) is 28.9 Å². The minimum Gasteiger partial charge on any atom is -0.352 e. The predicted molar refractivity (Wildman–Crippen MR) is 124 cm³/mol. The number of nitrogens with one attached hydrogen (secondary N) is 2. The molecule has 1 aromatic rings. The summed E-state index contributed by atoms with van der Waals surface area (Å²) in [6, 6.07) is 7.01. The van der Waals surface area contributed by atoms with Crippen molar-refractivity contribution in [3.05, 3.63) is 42.5 Å². The number of guanidine groups is 1. The predicted octanol–water partition coefficient (Wildman–Crippen LogP) is 3.35. The van der Waals surface area contributed by atoms with Crippen molar-refractivity contribution in [1.29, 1.82) is 0 Å². The molecule has 6 nitrogen and oxygen atoms in total. The van der Waals surface area contributed by atoms with Gasteiger partial charge < -0.3 is 10.2 Å². The van der Waals surface area contributed by atoms with E-state index < -0.39 is 15.6 Å². The fourth-order valence-corrected chi connectivity index (χ4v) is 4.17. The van der Waals surface area contributed by atoms with Gasteiger partial charge in [0.05, 0.1) is 4.90 Å². The lowest BCUT2D eigenvalue weighted by molar-refractivity contribution is 0.469. The highest BCUT2D eigenvalue weighted by Crippen LogP contribution is 2.17. The molecule has 0 saturated heterocycles. The first kappa shape index (κ1) is 25.9. The molecule has 2 N–H and O–H groups in total. The van der Waals surface area contributed by atoms with Crippen LogP contribution in [0.25, 0.3) is 0 Å². The second-order valence-corrected chi connectivity index (χ2v) is 8.87. The molecule has 0 heterocycles. The van der Waals surface area contributed by atoms with Gasteiger partial charge in [-0.2, -0.15) is 0 Å². The van der Waals surface area contributed by atoms with Gasteiger partial charge in [0.2, 0.25) is 10.0 Å². The highest BCUT2D eigenvalue weighted by Gasteiger charge is 2.24. The van der Waals surface area contributed by atoms with Gasteiger partial charge in [-0.15, -0.1) is 30.6 Å². The highest BCUT2D eigenvalue weighted by atomic mass is 127. The molecule has 154 valence electrons. The summed E-state index contributed by atoms with van der Waals surface area (Å²) in [6.07, 6.45) is 3.83. The van der Waals surface area contributed by atoms with E-state index >= 15 is 0 Å². The van der Waals surface area contributed by atoms with Crippen molar-refractivity contribution in [2.75, 3.05) is 20.6 Å².